The van der Waals surface area contributed by atoms with Crippen molar-refractivity contribution in [2.45, 2.75) is 11.8 Å². The minimum Gasteiger partial charge on any atom is -0.504 e. The van der Waals surface area contributed by atoms with Crippen molar-refractivity contribution in [3.63, 3.8) is 0 Å². The molecule has 0 atom stereocenters. The Balaban J connectivity index is 2.54. The number of carbonyl (C=O) groups is 1. The Labute approximate surface area is 172 Å². The largest absolute Gasteiger partial charge is 0.504 e. The van der Waals surface area contributed by atoms with Gasteiger partial charge in [-0.2, -0.15) is 0 Å². The third kappa shape index (κ3) is 4.86. The number of hydrogen-bond donors (Lipinski definition) is 3. The Hall–Kier alpha value is -2.04. The zero-order valence-corrected chi connectivity index (χ0v) is 17.2. The monoisotopic (exact) mass is 447 g/mol. The SMILES string of the molecule is CCOCCNS(=O)(=O)c1c(Cl)ccc(N(C(N)=O)c2ccccc2Cl)c1O. The van der Waals surface area contributed by atoms with E-state index >= 15 is 0 Å². The molecule has 0 aliphatic heterocycles. The predicted molar refractivity (Wildman–Crippen MR) is 108 cm³/mol. The molecule has 0 bridgehead atoms. The van der Waals surface area contributed by atoms with Gasteiger partial charge in [0, 0.05) is 13.2 Å². The van der Waals surface area contributed by atoms with Crippen LogP contribution in [0.25, 0.3) is 0 Å². The number of sulfonamides is 1. The Morgan fingerprint density at radius 3 is 2.46 bits per heavy atom. The highest BCUT2D eigenvalue weighted by molar-refractivity contribution is 7.89. The van der Waals surface area contributed by atoms with Crippen LogP contribution in [-0.4, -0.2) is 39.3 Å². The molecule has 11 heteroatoms. The Bertz CT molecular complexity index is 969. The van der Waals surface area contributed by atoms with Gasteiger partial charge in [0.1, 0.15) is 4.90 Å². The van der Waals surface area contributed by atoms with Gasteiger partial charge in [-0.1, -0.05) is 35.3 Å². The summed E-state index contributed by atoms with van der Waals surface area (Å²) >= 11 is 12.1. The van der Waals surface area contributed by atoms with Crippen LogP contribution in [0.5, 0.6) is 5.75 Å². The van der Waals surface area contributed by atoms with Crippen LogP contribution in [0, 0.1) is 0 Å². The number of nitrogens with one attached hydrogen (secondary N) is 1. The molecular formula is C17H19Cl2N3O5S. The normalized spacial score (nSPS) is 11.4. The number of anilines is 2. The average molecular weight is 448 g/mol. The van der Waals surface area contributed by atoms with Crippen LogP contribution >= 0.6 is 23.2 Å². The molecule has 0 unspecified atom stereocenters. The minimum atomic E-state index is -4.20. The number of para-hydroxylation sites is 1. The Morgan fingerprint density at radius 2 is 1.86 bits per heavy atom. The quantitative estimate of drug-likeness (QED) is 0.536. The van der Waals surface area contributed by atoms with Gasteiger partial charge in [-0.3, -0.25) is 4.90 Å². The second kappa shape index (κ2) is 9.44. The number of nitrogens with zero attached hydrogens (tertiary/aromatic N) is 1. The molecular weight excluding hydrogens is 429 g/mol. The lowest BCUT2D eigenvalue weighted by atomic mass is 10.2. The van der Waals surface area contributed by atoms with Crippen LogP contribution in [0.3, 0.4) is 0 Å². The molecule has 0 heterocycles. The number of halogens is 2. The molecule has 28 heavy (non-hydrogen) atoms. The number of phenolic OH excluding ortho intramolecular Hbond substituents is 1. The van der Waals surface area contributed by atoms with Crippen molar-refractivity contribution >= 4 is 50.6 Å². The topological polar surface area (TPSA) is 122 Å². The summed E-state index contributed by atoms with van der Waals surface area (Å²) in [5.41, 5.74) is 5.44. The standard InChI is InChI=1S/C17H19Cl2N3O5S/c1-2-27-10-9-21-28(25,26)16-12(19)7-8-14(15(16)23)22(17(20)24)13-6-4-3-5-11(13)18/h3-8,21,23H,2,9-10H2,1H3,(H2,20,24). The number of amides is 2. The molecule has 2 amide bonds. The first-order chi connectivity index (χ1) is 13.2. The van der Waals surface area contributed by atoms with E-state index in [0.717, 1.165) is 4.90 Å². The van der Waals surface area contributed by atoms with Crippen molar-refractivity contribution in [1.29, 1.82) is 0 Å². The van der Waals surface area contributed by atoms with E-state index in [0.29, 0.717) is 6.61 Å². The van der Waals surface area contributed by atoms with Crippen LogP contribution in [0.2, 0.25) is 10.0 Å². The fraction of sp³-hybridized carbons (Fsp3) is 0.235. The lowest BCUT2D eigenvalue weighted by Crippen LogP contribution is -2.32. The van der Waals surface area contributed by atoms with Gasteiger partial charge in [0.25, 0.3) is 0 Å². The van der Waals surface area contributed by atoms with Gasteiger partial charge in [-0.15, -0.1) is 0 Å². The van der Waals surface area contributed by atoms with Gasteiger partial charge in [0.2, 0.25) is 10.0 Å². The van der Waals surface area contributed by atoms with E-state index < -0.39 is 26.7 Å². The maximum Gasteiger partial charge on any atom is 0.324 e. The number of aromatic hydroxyl groups is 1. The van der Waals surface area contributed by atoms with Crippen molar-refractivity contribution in [3.05, 3.63) is 46.4 Å². The van der Waals surface area contributed by atoms with Crippen molar-refractivity contribution < 1.29 is 23.1 Å². The van der Waals surface area contributed by atoms with E-state index in [2.05, 4.69) is 4.72 Å². The number of rotatable bonds is 8. The zero-order valence-electron chi connectivity index (χ0n) is 14.9. The van der Waals surface area contributed by atoms with Crippen LogP contribution in [-0.2, 0) is 14.8 Å². The summed E-state index contributed by atoms with van der Waals surface area (Å²) in [5, 5.41) is 10.6. The molecule has 0 aliphatic carbocycles. The number of benzene rings is 2. The first-order valence-corrected chi connectivity index (χ1v) is 10.4. The van der Waals surface area contributed by atoms with E-state index in [1.807, 2.05) is 0 Å². The minimum absolute atomic E-state index is 0.0276. The molecule has 152 valence electrons. The average Bonchev–Trinajstić information content (AvgIpc) is 2.62. The highest BCUT2D eigenvalue weighted by Gasteiger charge is 2.29. The molecule has 0 spiro atoms. The van der Waals surface area contributed by atoms with Gasteiger partial charge in [-0.05, 0) is 31.2 Å². The van der Waals surface area contributed by atoms with Crippen LogP contribution < -0.4 is 15.4 Å². The predicted octanol–water partition coefficient (Wildman–Crippen LogP) is 3.23. The second-order valence-corrected chi connectivity index (χ2v) is 7.98. The first-order valence-electron chi connectivity index (χ1n) is 8.13. The number of hydrogen-bond acceptors (Lipinski definition) is 5. The molecule has 0 aliphatic rings. The smallest absolute Gasteiger partial charge is 0.324 e. The number of phenols is 1. The van der Waals surface area contributed by atoms with Crippen molar-refractivity contribution in [2.75, 3.05) is 24.7 Å². The molecule has 0 radical (unpaired) electrons. The zero-order chi connectivity index (χ0) is 20.9. The third-order valence-electron chi connectivity index (χ3n) is 3.63. The number of primary amides is 1. The first kappa shape index (κ1) is 22.3. The van der Waals surface area contributed by atoms with Crippen molar-refractivity contribution in [3.8, 4) is 5.75 Å². The van der Waals surface area contributed by atoms with Gasteiger partial charge in [0.15, 0.2) is 5.75 Å². The molecule has 8 nitrogen and oxygen atoms in total. The third-order valence-corrected chi connectivity index (χ3v) is 5.91. The highest BCUT2D eigenvalue weighted by atomic mass is 35.5. The number of urea groups is 1. The summed E-state index contributed by atoms with van der Waals surface area (Å²) in [5.74, 6) is -0.741. The van der Waals surface area contributed by atoms with Crippen LogP contribution in [0.1, 0.15) is 6.92 Å². The van der Waals surface area contributed by atoms with Gasteiger partial charge in [-0.25, -0.2) is 17.9 Å². The number of ether oxygens (including phenoxy) is 1. The second-order valence-electron chi connectivity index (χ2n) is 5.46. The molecule has 2 aromatic carbocycles. The molecule has 2 rings (SSSR count). The van der Waals surface area contributed by atoms with Crippen LogP contribution in [0.4, 0.5) is 16.2 Å². The molecule has 0 saturated heterocycles. The Morgan fingerprint density at radius 1 is 1.18 bits per heavy atom. The molecule has 2 aromatic rings. The fourth-order valence-electron chi connectivity index (χ4n) is 2.44. The van der Waals surface area contributed by atoms with Crippen LogP contribution in [0.15, 0.2) is 41.3 Å². The number of nitrogens with two attached hydrogens (primary N) is 1. The van der Waals surface area contributed by atoms with E-state index in [1.165, 1.54) is 24.3 Å². The maximum absolute atomic E-state index is 12.6. The summed E-state index contributed by atoms with van der Waals surface area (Å²) in [7, 11) is -4.20. The summed E-state index contributed by atoms with van der Waals surface area (Å²) in [4.78, 5) is 12.4. The molecule has 0 saturated carbocycles. The molecule has 0 fully saturated rings. The van der Waals surface area contributed by atoms with Crippen molar-refractivity contribution in [1.82, 2.24) is 4.72 Å². The van der Waals surface area contributed by atoms with Gasteiger partial charge >= 0.3 is 6.03 Å². The van der Waals surface area contributed by atoms with E-state index in [-0.39, 0.29) is 34.6 Å². The lowest BCUT2D eigenvalue weighted by molar-refractivity contribution is 0.153. The molecule has 0 aromatic heterocycles. The van der Waals surface area contributed by atoms with Gasteiger partial charge < -0.3 is 15.6 Å². The fourth-order valence-corrected chi connectivity index (χ4v) is 4.29. The van der Waals surface area contributed by atoms with Gasteiger partial charge in [0.05, 0.1) is 28.0 Å². The molecule has 4 N–H and O–H groups in total. The van der Waals surface area contributed by atoms with E-state index in [9.17, 15) is 18.3 Å². The lowest BCUT2D eigenvalue weighted by Gasteiger charge is -2.24. The van der Waals surface area contributed by atoms with E-state index in [4.69, 9.17) is 33.7 Å². The van der Waals surface area contributed by atoms with Crippen molar-refractivity contribution in [2.24, 2.45) is 5.73 Å². The summed E-state index contributed by atoms with van der Waals surface area (Å²) < 4.78 is 32.6. The maximum atomic E-state index is 12.6. The van der Waals surface area contributed by atoms with E-state index in [1.54, 1.807) is 19.1 Å². The number of carbonyl (C=O) groups excluding carboxylic acids is 1. The summed E-state index contributed by atoms with van der Waals surface area (Å²) in [6, 6.07) is 7.80. The highest BCUT2D eigenvalue weighted by Crippen LogP contribution is 2.42. The Kier molecular flexibility index (Phi) is 7.50. The summed E-state index contributed by atoms with van der Waals surface area (Å²) in [6.07, 6.45) is 0. The summed E-state index contributed by atoms with van der Waals surface area (Å²) in [6.45, 7) is 2.31.